The number of aliphatic carboxylic acids is 2. The molecule has 4 rings (SSSR count). The number of rotatable bonds is 5. The van der Waals surface area contributed by atoms with Gasteiger partial charge in [0.2, 0.25) is 5.69 Å². The third-order valence-electron chi connectivity index (χ3n) is 6.74. The van der Waals surface area contributed by atoms with Crippen molar-refractivity contribution in [2.75, 3.05) is 5.33 Å². The molecule has 8 heteroatoms. The summed E-state index contributed by atoms with van der Waals surface area (Å²) in [5, 5.41) is 15.9. The Morgan fingerprint density at radius 3 is 1.85 bits per heavy atom. The van der Waals surface area contributed by atoms with Gasteiger partial charge in [0.05, 0.1) is 11.1 Å². The Hall–Kier alpha value is -2.32. The number of hydrogen-bond acceptors (Lipinski definition) is 3. The molecular formula is C31H46Br2N2O4. The molecule has 2 aromatic carbocycles. The second kappa shape index (κ2) is 18.1. The number of fused-ring (bicyclic) bond motifs is 2. The van der Waals surface area contributed by atoms with Crippen LogP contribution in [-0.4, -0.2) is 38.9 Å². The molecule has 0 radical (unpaired) electrons. The zero-order chi connectivity index (χ0) is 28.2. The van der Waals surface area contributed by atoms with Gasteiger partial charge in [0.15, 0.2) is 5.71 Å². The van der Waals surface area contributed by atoms with E-state index in [0.29, 0.717) is 6.42 Å². The first-order valence-electron chi connectivity index (χ1n) is 12.6. The summed E-state index contributed by atoms with van der Waals surface area (Å²) < 4.78 is 0. The van der Waals surface area contributed by atoms with E-state index >= 15 is 0 Å². The van der Waals surface area contributed by atoms with Gasteiger partial charge in [-0.15, -0.1) is 0 Å². The molecule has 0 amide bonds. The van der Waals surface area contributed by atoms with Crippen LogP contribution in [0.25, 0.3) is 0 Å². The highest BCUT2D eigenvalue weighted by molar-refractivity contribution is 9.09. The number of nitrogens with zero attached hydrogens (tertiary/aromatic N) is 1. The smallest absolute Gasteiger partial charge is 0.314 e. The summed E-state index contributed by atoms with van der Waals surface area (Å²) in [6.45, 7) is 15.2. The van der Waals surface area contributed by atoms with Crippen LogP contribution in [0.2, 0.25) is 0 Å². The molecule has 0 bridgehead atoms. The first kappa shape index (κ1) is 38.8. The standard InChI is InChI=1S/2C11H13N.C6H12O2.C2H3BrO2.CH4.BrH/c2*1-8-11(2,3)9-6-4-5-7-10(9)12-8;1-2-3-4-5-6(7)8;3-1-2(4)5;;/h2*4-7H,1-3H3;2-5H2,1H3,(H,7,8);1H2,(H,4,5);1H4;1H. The van der Waals surface area contributed by atoms with Crippen LogP contribution in [0.4, 0.5) is 11.4 Å². The van der Waals surface area contributed by atoms with Gasteiger partial charge in [0.25, 0.3) is 0 Å². The van der Waals surface area contributed by atoms with Crippen molar-refractivity contribution in [1.29, 1.82) is 0 Å². The summed E-state index contributed by atoms with van der Waals surface area (Å²) in [4.78, 5) is 27.1. The molecule has 6 nitrogen and oxygen atoms in total. The summed E-state index contributed by atoms with van der Waals surface area (Å²) >= 11 is 2.71. The summed E-state index contributed by atoms with van der Waals surface area (Å²) in [5.74, 6) is -1.51. The number of carboxylic acids is 2. The minimum atomic E-state index is -0.829. The van der Waals surface area contributed by atoms with Crippen LogP contribution in [0.5, 0.6) is 0 Å². The van der Waals surface area contributed by atoms with Gasteiger partial charge < -0.3 is 27.2 Å². The van der Waals surface area contributed by atoms with Crippen molar-refractivity contribution in [3.63, 3.8) is 0 Å². The van der Waals surface area contributed by atoms with E-state index in [4.69, 9.17) is 10.2 Å². The van der Waals surface area contributed by atoms with E-state index in [2.05, 4.69) is 117 Å². The molecule has 2 heterocycles. The Kier molecular flexibility index (Phi) is 18.0. The molecule has 2 aliphatic rings. The van der Waals surface area contributed by atoms with E-state index in [9.17, 15) is 9.59 Å². The van der Waals surface area contributed by atoms with Gasteiger partial charge in [-0.2, -0.15) is 0 Å². The number of unbranched alkanes of at least 4 members (excludes halogenated alkanes) is 2. The average molecular weight is 671 g/mol. The lowest BCUT2D eigenvalue weighted by Gasteiger charge is -2.19. The maximum atomic E-state index is 9.87. The Balaban J connectivity index is 0. The summed E-state index contributed by atoms with van der Waals surface area (Å²) in [6, 6.07) is 16.8. The molecule has 0 unspecified atom stereocenters. The Labute approximate surface area is 254 Å². The molecule has 0 fully saturated rings. The van der Waals surface area contributed by atoms with Crippen LogP contribution in [0.3, 0.4) is 0 Å². The van der Waals surface area contributed by atoms with Gasteiger partial charge in [-0.05, 0) is 38.8 Å². The SMILES string of the molecule is C.CC1=Nc2ccccc2C1(C)C.CC1=[NH+]c2ccccc2C1(C)C.CCCCCC(=O)O.O=C(O)CBr.[Br-]. The summed E-state index contributed by atoms with van der Waals surface area (Å²) in [6.07, 6.45) is 3.28. The third-order valence-corrected chi connectivity index (χ3v) is 7.22. The third kappa shape index (κ3) is 11.8. The Morgan fingerprint density at radius 2 is 1.38 bits per heavy atom. The van der Waals surface area contributed by atoms with E-state index in [1.54, 1.807) is 0 Å². The molecule has 0 saturated carbocycles. The van der Waals surface area contributed by atoms with Crippen LogP contribution in [0.1, 0.15) is 92.7 Å². The number of benzene rings is 2. The monoisotopic (exact) mass is 668 g/mol. The minimum Gasteiger partial charge on any atom is -1.00 e. The molecule has 218 valence electrons. The molecule has 0 spiro atoms. The maximum absolute atomic E-state index is 9.87. The molecule has 0 atom stereocenters. The highest BCUT2D eigenvalue weighted by Gasteiger charge is 2.37. The number of hydrogen-bond donors (Lipinski definition) is 3. The number of aliphatic imine (C=N–C) groups is 1. The maximum Gasteiger partial charge on any atom is 0.314 e. The normalized spacial score (nSPS) is 14.4. The van der Waals surface area contributed by atoms with Crippen molar-refractivity contribution >= 4 is 50.7 Å². The molecular weight excluding hydrogens is 624 g/mol. The molecule has 0 aromatic heterocycles. The van der Waals surface area contributed by atoms with E-state index in [0.717, 1.165) is 24.9 Å². The van der Waals surface area contributed by atoms with Gasteiger partial charge in [0, 0.05) is 36.1 Å². The molecule has 3 N–H and O–H groups in total. The van der Waals surface area contributed by atoms with E-state index in [1.807, 2.05) is 6.07 Å². The highest BCUT2D eigenvalue weighted by atomic mass is 79.9. The van der Waals surface area contributed by atoms with Crippen molar-refractivity contribution in [1.82, 2.24) is 0 Å². The van der Waals surface area contributed by atoms with Gasteiger partial charge in [0.1, 0.15) is 5.33 Å². The predicted molar refractivity (Wildman–Crippen MR) is 163 cm³/mol. The van der Waals surface area contributed by atoms with E-state index in [1.165, 1.54) is 28.2 Å². The van der Waals surface area contributed by atoms with Crippen molar-refractivity contribution in [3.05, 3.63) is 59.7 Å². The van der Waals surface area contributed by atoms with Crippen molar-refractivity contribution in [3.8, 4) is 0 Å². The molecule has 0 aliphatic carbocycles. The minimum absolute atomic E-state index is 0. The van der Waals surface area contributed by atoms with E-state index in [-0.39, 0.29) is 40.6 Å². The number of nitrogens with one attached hydrogen (secondary N) is 1. The van der Waals surface area contributed by atoms with E-state index < -0.39 is 11.9 Å². The lowest BCUT2D eigenvalue weighted by Crippen LogP contribution is -3.00. The van der Waals surface area contributed by atoms with Crippen LogP contribution in [-0.2, 0) is 20.4 Å². The topological polar surface area (TPSA) is 101 Å². The quantitative estimate of drug-likeness (QED) is 0.331. The Morgan fingerprint density at radius 1 is 0.872 bits per heavy atom. The molecule has 0 saturated heterocycles. The van der Waals surface area contributed by atoms with Crippen LogP contribution >= 0.6 is 15.9 Å². The van der Waals surface area contributed by atoms with Crippen molar-refractivity contribution in [2.24, 2.45) is 4.99 Å². The number of para-hydroxylation sites is 2. The lowest BCUT2D eigenvalue weighted by atomic mass is 9.82. The lowest BCUT2D eigenvalue weighted by molar-refractivity contribution is -0.351. The van der Waals surface area contributed by atoms with Crippen LogP contribution in [0.15, 0.2) is 53.5 Å². The first-order valence-corrected chi connectivity index (χ1v) is 13.8. The first-order chi connectivity index (χ1) is 17.3. The average Bonchev–Trinajstić information content (AvgIpc) is 3.22. The molecule has 2 aliphatic heterocycles. The second-order valence-electron chi connectivity index (χ2n) is 10.1. The largest absolute Gasteiger partial charge is 1.00 e. The molecule has 39 heavy (non-hydrogen) atoms. The zero-order valence-electron chi connectivity index (χ0n) is 23.6. The van der Waals surface area contributed by atoms with Crippen molar-refractivity contribution < 1.29 is 41.8 Å². The fraction of sp³-hybridized carbons (Fsp3) is 0.484. The molecule has 2 aromatic rings. The number of halogens is 2. The fourth-order valence-electron chi connectivity index (χ4n) is 3.84. The van der Waals surface area contributed by atoms with Crippen LogP contribution in [0, 0.1) is 0 Å². The van der Waals surface area contributed by atoms with Gasteiger partial charge >= 0.3 is 11.9 Å². The number of carboxylic acid groups (broad SMARTS) is 2. The Bertz CT molecular complexity index is 1050. The van der Waals surface area contributed by atoms with Gasteiger partial charge in [-0.1, -0.05) is 93.4 Å². The summed E-state index contributed by atoms with van der Waals surface area (Å²) in [5.41, 5.74) is 8.03. The fourth-order valence-corrected chi connectivity index (χ4v) is 3.84. The van der Waals surface area contributed by atoms with Crippen LogP contribution < -0.4 is 22.0 Å². The predicted octanol–water partition coefficient (Wildman–Crippen LogP) is 3.98. The highest BCUT2D eigenvalue weighted by Crippen LogP contribution is 2.39. The zero-order valence-corrected chi connectivity index (χ0v) is 26.7. The van der Waals surface area contributed by atoms with Gasteiger partial charge in [-0.3, -0.25) is 14.6 Å². The number of carbonyl (C=O) groups is 2. The van der Waals surface area contributed by atoms with Gasteiger partial charge in [-0.25, -0.2) is 4.99 Å². The van der Waals surface area contributed by atoms with Crippen molar-refractivity contribution in [2.45, 2.75) is 92.4 Å². The summed E-state index contributed by atoms with van der Waals surface area (Å²) in [7, 11) is 0. The number of alkyl halides is 1. The second-order valence-corrected chi connectivity index (χ2v) is 10.7.